The van der Waals surface area contributed by atoms with E-state index in [1.165, 1.54) is 0 Å². The zero-order valence-electron chi connectivity index (χ0n) is 13.5. The van der Waals surface area contributed by atoms with E-state index in [-0.39, 0.29) is 19.3 Å². The maximum Gasteiger partial charge on any atom is 0.344 e. The van der Waals surface area contributed by atoms with Crippen LogP contribution in [-0.2, 0) is 14.3 Å². The van der Waals surface area contributed by atoms with Gasteiger partial charge in [-0.2, -0.15) is 0 Å². The molecule has 0 fully saturated rings. The van der Waals surface area contributed by atoms with Gasteiger partial charge in [0.2, 0.25) is 0 Å². The SMILES string of the molecule is C[C@H](NC(=O)COC(=O)COc1cccc(Cl)c1)c1ccc(Cl)cc1. The van der Waals surface area contributed by atoms with E-state index < -0.39 is 11.9 Å². The number of nitrogens with one attached hydrogen (secondary N) is 1. The smallest absolute Gasteiger partial charge is 0.344 e. The molecule has 2 aromatic carbocycles. The van der Waals surface area contributed by atoms with Crippen molar-refractivity contribution in [3.63, 3.8) is 0 Å². The molecule has 0 bridgehead atoms. The summed E-state index contributed by atoms with van der Waals surface area (Å²) in [6.07, 6.45) is 0. The molecule has 0 saturated heterocycles. The molecule has 2 rings (SSSR count). The Balaban J connectivity index is 1.71. The fraction of sp³-hybridized carbons (Fsp3) is 0.222. The Morgan fingerprint density at radius 3 is 2.44 bits per heavy atom. The van der Waals surface area contributed by atoms with Gasteiger partial charge >= 0.3 is 5.97 Å². The quantitative estimate of drug-likeness (QED) is 0.740. The van der Waals surface area contributed by atoms with E-state index in [1.54, 1.807) is 36.4 Å². The second-order valence-electron chi connectivity index (χ2n) is 5.25. The van der Waals surface area contributed by atoms with E-state index in [1.807, 2.05) is 19.1 Å². The predicted octanol–water partition coefficient (Wildman–Crippen LogP) is 3.79. The minimum absolute atomic E-state index is 0.230. The summed E-state index contributed by atoms with van der Waals surface area (Å²) in [6.45, 7) is 1.14. The lowest BCUT2D eigenvalue weighted by Crippen LogP contribution is -2.31. The number of hydrogen-bond donors (Lipinski definition) is 1. The van der Waals surface area contributed by atoms with Crippen molar-refractivity contribution in [3.05, 3.63) is 64.1 Å². The van der Waals surface area contributed by atoms with Crippen LogP contribution in [0.3, 0.4) is 0 Å². The number of rotatable bonds is 7. The fourth-order valence-corrected chi connectivity index (χ4v) is 2.31. The second kappa shape index (κ2) is 9.30. The molecule has 25 heavy (non-hydrogen) atoms. The van der Waals surface area contributed by atoms with E-state index in [4.69, 9.17) is 32.7 Å². The third-order valence-corrected chi connectivity index (χ3v) is 3.75. The first-order valence-electron chi connectivity index (χ1n) is 7.53. The van der Waals surface area contributed by atoms with Crippen molar-refractivity contribution in [2.45, 2.75) is 13.0 Å². The van der Waals surface area contributed by atoms with Crippen molar-refractivity contribution in [2.24, 2.45) is 0 Å². The van der Waals surface area contributed by atoms with E-state index in [2.05, 4.69) is 5.32 Å². The highest BCUT2D eigenvalue weighted by Gasteiger charge is 2.12. The maximum absolute atomic E-state index is 11.8. The summed E-state index contributed by atoms with van der Waals surface area (Å²) in [6, 6.07) is 13.5. The van der Waals surface area contributed by atoms with E-state index in [0.29, 0.717) is 15.8 Å². The first kappa shape index (κ1) is 19.1. The van der Waals surface area contributed by atoms with Gasteiger partial charge in [0.25, 0.3) is 5.91 Å². The molecule has 0 aliphatic rings. The largest absolute Gasteiger partial charge is 0.482 e. The van der Waals surface area contributed by atoms with Crippen LogP contribution in [0, 0.1) is 0 Å². The molecular weight excluding hydrogens is 365 g/mol. The number of carbonyl (C=O) groups is 2. The Morgan fingerprint density at radius 2 is 1.76 bits per heavy atom. The topological polar surface area (TPSA) is 64.6 Å². The minimum Gasteiger partial charge on any atom is -0.482 e. The van der Waals surface area contributed by atoms with Gasteiger partial charge in [0.1, 0.15) is 5.75 Å². The van der Waals surface area contributed by atoms with Crippen molar-refractivity contribution >= 4 is 35.1 Å². The van der Waals surface area contributed by atoms with Crippen molar-refractivity contribution in [1.82, 2.24) is 5.32 Å². The van der Waals surface area contributed by atoms with Crippen molar-refractivity contribution in [1.29, 1.82) is 0 Å². The van der Waals surface area contributed by atoms with Gasteiger partial charge in [0.15, 0.2) is 13.2 Å². The average Bonchev–Trinajstić information content (AvgIpc) is 2.58. The Labute approximate surface area is 155 Å². The van der Waals surface area contributed by atoms with Gasteiger partial charge in [0, 0.05) is 10.0 Å². The lowest BCUT2D eigenvalue weighted by Gasteiger charge is -2.14. The van der Waals surface area contributed by atoms with Gasteiger partial charge in [-0.3, -0.25) is 4.79 Å². The first-order chi connectivity index (χ1) is 11.9. The molecule has 7 heteroatoms. The third kappa shape index (κ3) is 6.64. The number of hydrogen-bond acceptors (Lipinski definition) is 4. The number of esters is 1. The fourth-order valence-electron chi connectivity index (χ4n) is 2.00. The molecule has 1 amide bonds. The molecule has 0 aromatic heterocycles. The normalized spacial score (nSPS) is 11.5. The zero-order valence-corrected chi connectivity index (χ0v) is 15.0. The van der Waals surface area contributed by atoms with Gasteiger partial charge in [-0.25, -0.2) is 4.79 Å². The molecule has 5 nitrogen and oxygen atoms in total. The van der Waals surface area contributed by atoms with Gasteiger partial charge in [0.05, 0.1) is 6.04 Å². The van der Waals surface area contributed by atoms with E-state index in [0.717, 1.165) is 5.56 Å². The van der Waals surface area contributed by atoms with Crippen LogP contribution in [0.4, 0.5) is 0 Å². The molecule has 0 spiro atoms. The van der Waals surface area contributed by atoms with Crippen LogP contribution in [0.2, 0.25) is 10.0 Å². The number of halogens is 2. The van der Waals surface area contributed by atoms with Crippen LogP contribution in [-0.4, -0.2) is 25.1 Å². The average molecular weight is 382 g/mol. The third-order valence-electron chi connectivity index (χ3n) is 3.26. The standard InChI is InChI=1S/C18H17Cl2NO4/c1-12(13-5-7-14(19)8-6-13)21-17(22)10-25-18(23)11-24-16-4-2-3-15(20)9-16/h2-9,12H,10-11H2,1H3,(H,21,22)/t12-/m0/s1. The van der Waals surface area contributed by atoms with Crippen LogP contribution in [0.1, 0.15) is 18.5 Å². The Morgan fingerprint density at radius 1 is 1.04 bits per heavy atom. The lowest BCUT2D eigenvalue weighted by atomic mass is 10.1. The van der Waals surface area contributed by atoms with E-state index in [9.17, 15) is 9.59 Å². The van der Waals surface area contributed by atoms with Gasteiger partial charge in [-0.05, 0) is 42.8 Å². The highest BCUT2D eigenvalue weighted by molar-refractivity contribution is 6.30. The summed E-state index contributed by atoms with van der Waals surface area (Å²) in [5.74, 6) is -0.599. The van der Waals surface area contributed by atoms with Crippen LogP contribution in [0.15, 0.2) is 48.5 Å². The highest BCUT2D eigenvalue weighted by atomic mass is 35.5. The number of benzene rings is 2. The molecule has 2 aromatic rings. The van der Waals surface area contributed by atoms with Crippen LogP contribution < -0.4 is 10.1 Å². The summed E-state index contributed by atoms with van der Waals surface area (Å²) >= 11 is 11.6. The summed E-state index contributed by atoms with van der Waals surface area (Å²) in [4.78, 5) is 23.5. The highest BCUT2D eigenvalue weighted by Crippen LogP contribution is 2.17. The Hall–Kier alpha value is -2.24. The molecule has 0 saturated carbocycles. The monoisotopic (exact) mass is 381 g/mol. The van der Waals surface area contributed by atoms with Crippen LogP contribution >= 0.6 is 23.2 Å². The van der Waals surface area contributed by atoms with Gasteiger partial charge in [-0.15, -0.1) is 0 Å². The van der Waals surface area contributed by atoms with Crippen LogP contribution in [0.25, 0.3) is 0 Å². The molecule has 0 heterocycles. The zero-order chi connectivity index (χ0) is 18.2. The molecule has 1 atom stereocenters. The second-order valence-corrected chi connectivity index (χ2v) is 6.12. The summed E-state index contributed by atoms with van der Waals surface area (Å²) < 4.78 is 10.1. The van der Waals surface area contributed by atoms with Crippen molar-refractivity contribution in [3.8, 4) is 5.75 Å². The molecule has 1 N–H and O–H groups in total. The summed E-state index contributed by atoms with van der Waals surface area (Å²) in [5.41, 5.74) is 0.897. The minimum atomic E-state index is -0.644. The first-order valence-corrected chi connectivity index (χ1v) is 8.28. The van der Waals surface area contributed by atoms with E-state index >= 15 is 0 Å². The predicted molar refractivity (Wildman–Crippen MR) is 95.9 cm³/mol. The molecule has 0 radical (unpaired) electrons. The maximum atomic E-state index is 11.8. The number of carbonyl (C=O) groups excluding carboxylic acids is 2. The molecular formula is C18H17Cl2NO4. The summed E-state index contributed by atoms with van der Waals surface area (Å²) in [7, 11) is 0. The number of amides is 1. The number of ether oxygens (including phenoxy) is 2. The Bertz CT molecular complexity index is 734. The van der Waals surface area contributed by atoms with Gasteiger partial charge < -0.3 is 14.8 Å². The molecule has 0 unspecified atom stereocenters. The van der Waals surface area contributed by atoms with Crippen molar-refractivity contribution < 1.29 is 19.1 Å². The molecule has 0 aliphatic heterocycles. The Kier molecular flexibility index (Phi) is 7.10. The lowest BCUT2D eigenvalue weighted by molar-refractivity contribution is -0.150. The van der Waals surface area contributed by atoms with Crippen LogP contribution in [0.5, 0.6) is 5.75 Å². The molecule has 132 valence electrons. The van der Waals surface area contributed by atoms with Crippen molar-refractivity contribution in [2.75, 3.05) is 13.2 Å². The summed E-state index contributed by atoms with van der Waals surface area (Å²) in [5, 5.41) is 3.86. The molecule has 0 aliphatic carbocycles. The van der Waals surface area contributed by atoms with Gasteiger partial charge in [-0.1, -0.05) is 41.4 Å².